The van der Waals surface area contributed by atoms with E-state index in [9.17, 15) is 0 Å². The second kappa shape index (κ2) is 2.65. The molecule has 1 saturated carbocycles. The van der Waals surface area contributed by atoms with E-state index in [1.54, 1.807) is 0 Å². The van der Waals surface area contributed by atoms with Crippen LogP contribution in [0.5, 0.6) is 0 Å². The van der Waals surface area contributed by atoms with Crippen molar-refractivity contribution in [3.8, 4) is 0 Å². The maximum Gasteiger partial charge on any atom is 0.115 e. The minimum Gasteiger partial charge on any atom is -0.494 e. The lowest BCUT2D eigenvalue weighted by Crippen LogP contribution is -2.26. The lowest BCUT2D eigenvalue weighted by atomic mass is 9.84. The van der Waals surface area contributed by atoms with Crippen molar-refractivity contribution >= 4 is 0 Å². The molecule has 0 spiro atoms. The summed E-state index contributed by atoms with van der Waals surface area (Å²) in [6.45, 7) is 11.1. The van der Waals surface area contributed by atoms with Gasteiger partial charge in [0.25, 0.3) is 0 Å². The SMILES string of the molecule is C=C1OC[C@@H]2C(C)CC[C@@H]2C1=C. The Labute approximate surface area is 74.1 Å². The van der Waals surface area contributed by atoms with Crippen molar-refractivity contribution in [2.24, 2.45) is 17.8 Å². The molecule has 0 N–H and O–H groups in total. The maximum absolute atomic E-state index is 5.48. The zero-order valence-corrected chi connectivity index (χ0v) is 7.68. The molecule has 0 aromatic heterocycles. The van der Waals surface area contributed by atoms with Crippen molar-refractivity contribution in [2.45, 2.75) is 19.8 Å². The summed E-state index contributed by atoms with van der Waals surface area (Å²) in [5.41, 5.74) is 1.15. The Balaban J connectivity index is 2.19. The van der Waals surface area contributed by atoms with E-state index in [4.69, 9.17) is 4.74 Å². The Morgan fingerprint density at radius 1 is 1.33 bits per heavy atom. The van der Waals surface area contributed by atoms with E-state index in [2.05, 4.69) is 20.1 Å². The third kappa shape index (κ3) is 0.996. The van der Waals surface area contributed by atoms with Crippen LogP contribution in [0.4, 0.5) is 0 Å². The molecule has 0 bridgehead atoms. The highest BCUT2D eigenvalue weighted by Gasteiger charge is 2.39. The molecular formula is C11H16O. The van der Waals surface area contributed by atoms with Gasteiger partial charge in [-0.15, -0.1) is 0 Å². The van der Waals surface area contributed by atoms with Crippen LogP contribution in [0, 0.1) is 17.8 Å². The van der Waals surface area contributed by atoms with Gasteiger partial charge >= 0.3 is 0 Å². The van der Waals surface area contributed by atoms with Gasteiger partial charge in [0, 0.05) is 5.92 Å². The van der Waals surface area contributed by atoms with E-state index in [1.165, 1.54) is 12.8 Å². The number of hydrogen-bond donors (Lipinski definition) is 0. The minimum absolute atomic E-state index is 0.668. The largest absolute Gasteiger partial charge is 0.494 e. The van der Waals surface area contributed by atoms with E-state index < -0.39 is 0 Å². The van der Waals surface area contributed by atoms with Crippen LogP contribution in [-0.4, -0.2) is 6.61 Å². The highest BCUT2D eigenvalue weighted by Crippen LogP contribution is 2.45. The van der Waals surface area contributed by atoms with Crippen LogP contribution in [-0.2, 0) is 4.74 Å². The second-order valence-corrected chi connectivity index (χ2v) is 4.08. The van der Waals surface area contributed by atoms with Gasteiger partial charge in [-0.05, 0) is 30.3 Å². The average molecular weight is 164 g/mol. The first-order valence-corrected chi connectivity index (χ1v) is 4.71. The first-order chi connectivity index (χ1) is 5.70. The number of allylic oxidation sites excluding steroid dienone is 1. The normalized spacial score (nSPS) is 40.9. The van der Waals surface area contributed by atoms with Gasteiger partial charge in [-0.3, -0.25) is 0 Å². The van der Waals surface area contributed by atoms with Crippen molar-refractivity contribution in [1.29, 1.82) is 0 Å². The summed E-state index contributed by atoms with van der Waals surface area (Å²) in [5.74, 6) is 3.01. The van der Waals surface area contributed by atoms with Crippen LogP contribution >= 0.6 is 0 Å². The molecule has 1 saturated heterocycles. The molecule has 1 heterocycles. The van der Waals surface area contributed by atoms with Crippen LogP contribution < -0.4 is 0 Å². The standard InChI is InChI=1S/C11H16O/c1-7-4-5-10-8(2)9(3)12-6-11(7)10/h7,10-11H,2-6H2,1H3/t7?,10-,11-/m1/s1. The lowest BCUT2D eigenvalue weighted by molar-refractivity contribution is 0.105. The van der Waals surface area contributed by atoms with Crippen molar-refractivity contribution in [1.82, 2.24) is 0 Å². The first-order valence-electron chi connectivity index (χ1n) is 4.71. The maximum atomic E-state index is 5.48. The summed E-state index contributed by atoms with van der Waals surface area (Å²) < 4.78 is 5.48. The molecule has 2 rings (SSSR count). The molecule has 0 aromatic carbocycles. The molecule has 1 aliphatic heterocycles. The summed E-state index contributed by atoms with van der Waals surface area (Å²) in [4.78, 5) is 0. The van der Waals surface area contributed by atoms with Gasteiger partial charge in [-0.2, -0.15) is 0 Å². The van der Waals surface area contributed by atoms with Crippen molar-refractivity contribution < 1.29 is 4.74 Å². The highest BCUT2D eigenvalue weighted by molar-refractivity contribution is 5.26. The van der Waals surface area contributed by atoms with Crippen LogP contribution in [0.25, 0.3) is 0 Å². The van der Waals surface area contributed by atoms with Gasteiger partial charge in [0.15, 0.2) is 0 Å². The van der Waals surface area contributed by atoms with E-state index in [0.717, 1.165) is 23.9 Å². The fourth-order valence-electron chi connectivity index (χ4n) is 2.48. The Kier molecular flexibility index (Phi) is 1.75. The zero-order chi connectivity index (χ0) is 8.72. The molecule has 2 fully saturated rings. The minimum atomic E-state index is 0.668. The van der Waals surface area contributed by atoms with E-state index in [0.29, 0.717) is 11.8 Å². The predicted octanol–water partition coefficient (Wildman–Crippen LogP) is 2.75. The van der Waals surface area contributed by atoms with Gasteiger partial charge in [0.1, 0.15) is 5.76 Å². The topological polar surface area (TPSA) is 9.23 Å². The van der Waals surface area contributed by atoms with Crippen LogP contribution in [0.3, 0.4) is 0 Å². The first kappa shape index (κ1) is 7.90. The van der Waals surface area contributed by atoms with Crippen molar-refractivity contribution in [3.63, 3.8) is 0 Å². The quantitative estimate of drug-likeness (QED) is 0.535. The molecular weight excluding hydrogens is 148 g/mol. The molecule has 0 amide bonds. The van der Waals surface area contributed by atoms with Gasteiger partial charge in [-0.1, -0.05) is 20.1 Å². The van der Waals surface area contributed by atoms with Crippen LogP contribution in [0.15, 0.2) is 24.5 Å². The monoisotopic (exact) mass is 164 g/mol. The fourth-order valence-corrected chi connectivity index (χ4v) is 2.48. The van der Waals surface area contributed by atoms with Crippen LogP contribution in [0.2, 0.25) is 0 Å². The molecule has 1 heteroatoms. The molecule has 1 aliphatic carbocycles. The third-order valence-corrected chi connectivity index (χ3v) is 3.44. The summed E-state index contributed by atoms with van der Waals surface area (Å²) in [6, 6.07) is 0. The van der Waals surface area contributed by atoms with E-state index >= 15 is 0 Å². The summed E-state index contributed by atoms with van der Waals surface area (Å²) in [6.07, 6.45) is 2.61. The molecule has 12 heavy (non-hydrogen) atoms. The number of hydrogen-bond acceptors (Lipinski definition) is 1. The third-order valence-electron chi connectivity index (χ3n) is 3.44. The Morgan fingerprint density at radius 2 is 2.08 bits per heavy atom. The Bertz CT molecular complexity index is 229. The summed E-state index contributed by atoms with van der Waals surface area (Å²) >= 11 is 0. The highest BCUT2D eigenvalue weighted by atomic mass is 16.5. The number of ether oxygens (including phenoxy) is 1. The van der Waals surface area contributed by atoms with Gasteiger partial charge in [0.05, 0.1) is 6.61 Å². The Hall–Kier alpha value is -0.720. The predicted molar refractivity (Wildman–Crippen MR) is 49.6 cm³/mol. The van der Waals surface area contributed by atoms with Crippen LogP contribution in [0.1, 0.15) is 19.8 Å². The molecule has 1 nitrogen and oxygen atoms in total. The number of rotatable bonds is 0. The van der Waals surface area contributed by atoms with E-state index in [-0.39, 0.29) is 0 Å². The number of fused-ring (bicyclic) bond motifs is 1. The summed E-state index contributed by atoms with van der Waals surface area (Å²) in [5, 5.41) is 0. The Morgan fingerprint density at radius 3 is 2.83 bits per heavy atom. The van der Waals surface area contributed by atoms with Gasteiger partial charge in [0.2, 0.25) is 0 Å². The average Bonchev–Trinajstić information content (AvgIpc) is 2.41. The van der Waals surface area contributed by atoms with Crippen molar-refractivity contribution in [3.05, 3.63) is 24.5 Å². The van der Waals surface area contributed by atoms with E-state index in [1.807, 2.05) is 0 Å². The molecule has 1 unspecified atom stereocenters. The van der Waals surface area contributed by atoms with Gasteiger partial charge in [-0.25, -0.2) is 0 Å². The molecule has 3 atom stereocenters. The van der Waals surface area contributed by atoms with Gasteiger partial charge < -0.3 is 4.74 Å². The molecule has 0 radical (unpaired) electrons. The second-order valence-electron chi connectivity index (χ2n) is 4.08. The summed E-state index contributed by atoms with van der Waals surface area (Å²) in [7, 11) is 0. The van der Waals surface area contributed by atoms with Crippen molar-refractivity contribution in [2.75, 3.05) is 6.61 Å². The smallest absolute Gasteiger partial charge is 0.115 e. The lowest BCUT2D eigenvalue weighted by Gasteiger charge is -2.31. The molecule has 0 aromatic rings. The fraction of sp³-hybridized carbons (Fsp3) is 0.636. The molecule has 2 aliphatic rings. The zero-order valence-electron chi connectivity index (χ0n) is 7.68. The molecule has 66 valence electrons.